The predicted molar refractivity (Wildman–Crippen MR) is 55.7 cm³/mol. The molecule has 0 aliphatic carbocycles. The summed E-state index contributed by atoms with van der Waals surface area (Å²) in [5.41, 5.74) is 0. The van der Waals surface area contributed by atoms with Crippen LogP contribution in [0, 0.1) is 0 Å². The molecule has 1 aromatic rings. The Morgan fingerprint density at radius 3 is 3.15 bits per heavy atom. The van der Waals surface area contributed by atoms with Gasteiger partial charge in [-0.1, -0.05) is 13.0 Å². The summed E-state index contributed by atoms with van der Waals surface area (Å²) in [6.45, 7) is 6.97. The van der Waals surface area contributed by atoms with Crippen molar-refractivity contribution in [3.63, 3.8) is 0 Å². The minimum Gasteiger partial charge on any atom is -0.335 e. The molecule has 2 nitrogen and oxygen atoms in total. The van der Waals surface area contributed by atoms with Crippen LogP contribution in [0.4, 0.5) is 0 Å². The summed E-state index contributed by atoms with van der Waals surface area (Å²) >= 11 is 0. The highest BCUT2D eigenvalue weighted by molar-refractivity contribution is 4.92. The number of rotatable bonds is 6. The van der Waals surface area contributed by atoms with Crippen molar-refractivity contribution < 1.29 is 0 Å². The van der Waals surface area contributed by atoms with Crippen molar-refractivity contribution in [2.24, 2.45) is 0 Å². The van der Waals surface area contributed by atoms with E-state index in [0.717, 1.165) is 25.8 Å². The Balaban J connectivity index is 2.44. The van der Waals surface area contributed by atoms with Crippen molar-refractivity contribution in [3.05, 3.63) is 30.9 Å². The molecule has 2 heteroatoms. The van der Waals surface area contributed by atoms with E-state index in [9.17, 15) is 0 Å². The molecular formula is C11H18N2. The maximum Gasteiger partial charge on any atom is 0.108 e. The lowest BCUT2D eigenvalue weighted by molar-refractivity contribution is 0.611. The number of hydrogen-bond donors (Lipinski definition) is 0. The molecule has 0 unspecified atom stereocenters. The second-order valence-electron chi connectivity index (χ2n) is 3.22. The summed E-state index contributed by atoms with van der Waals surface area (Å²) in [5, 5.41) is 0. The van der Waals surface area contributed by atoms with E-state index in [0.29, 0.717) is 0 Å². The monoisotopic (exact) mass is 178 g/mol. The van der Waals surface area contributed by atoms with Crippen LogP contribution in [0.5, 0.6) is 0 Å². The first-order valence-electron chi connectivity index (χ1n) is 4.99. The van der Waals surface area contributed by atoms with Crippen molar-refractivity contribution >= 4 is 0 Å². The van der Waals surface area contributed by atoms with Gasteiger partial charge in [0.15, 0.2) is 0 Å². The van der Waals surface area contributed by atoms with Gasteiger partial charge in [0.05, 0.1) is 0 Å². The third kappa shape index (κ3) is 3.05. The molecule has 0 spiro atoms. The molecule has 0 aliphatic heterocycles. The van der Waals surface area contributed by atoms with Crippen LogP contribution >= 0.6 is 0 Å². The maximum absolute atomic E-state index is 4.32. The van der Waals surface area contributed by atoms with Gasteiger partial charge in [-0.25, -0.2) is 4.98 Å². The van der Waals surface area contributed by atoms with Gasteiger partial charge in [-0.3, -0.25) is 0 Å². The molecule has 13 heavy (non-hydrogen) atoms. The minimum atomic E-state index is 1.07. The summed E-state index contributed by atoms with van der Waals surface area (Å²) in [6.07, 6.45) is 10.4. The van der Waals surface area contributed by atoms with Crippen molar-refractivity contribution in [2.75, 3.05) is 0 Å². The number of hydrogen-bond acceptors (Lipinski definition) is 1. The summed E-state index contributed by atoms with van der Waals surface area (Å²) in [5.74, 6) is 1.21. The summed E-state index contributed by atoms with van der Waals surface area (Å²) in [4.78, 5) is 4.32. The Hall–Kier alpha value is -1.05. The Morgan fingerprint density at radius 2 is 2.46 bits per heavy atom. The van der Waals surface area contributed by atoms with Crippen LogP contribution in [0.2, 0.25) is 0 Å². The topological polar surface area (TPSA) is 17.8 Å². The highest BCUT2D eigenvalue weighted by Gasteiger charge is 1.99. The predicted octanol–water partition coefficient (Wildman–Crippen LogP) is 2.80. The van der Waals surface area contributed by atoms with Gasteiger partial charge in [-0.05, 0) is 19.3 Å². The van der Waals surface area contributed by atoms with Crippen molar-refractivity contribution in [2.45, 2.75) is 39.2 Å². The largest absolute Gasteiger partial charge is 0.335 e. The fourth-order valence-electron chi connectivity index (χ4n) is 1.40. The zero-order chi connectivity index (χ0) is 9.52. The highest BCUT2D eigenvalue weighted by Crippen LogP contribution is 2.03. The Bertz CT molecular complexity index is 250. The van der Waals surface area contributed by atoms with E-state index < -0.39 is 0 Å². The fraction of sp³-hybridized carbons (Fsp3) is 0.545. The van der Waals surface area contributed by atoms with Crippen LogP contribution in [0.3, 0.4) is 0 Å². The number of aryl methyl sites for hydroxylation is 2. The number of unbranched alkanes of at least 4 members (excludes halogenated alkanes) is 1. The Morgan fingerprint density at radius 1 is 1.62 bits per heavy atom. The Labute approximate surface area is 80.3 Å². The zero-order valence-electron chi connectivity index (χ0n) is 8.37. The molecule has 0 bridgehead atoms. The van der Waals surface area contributed by atoms with Gasteiger partial charge in [0.2, 0.25) is 0 Å². The first kappa shape index (κ1) is 10.0. The maximum atomic E-state index is 4.32. The van der Waals surface area contributed by atoms with E-state index >= 15 is 0 Å². The third-order valence-corrected chi connectivity index (χ3v) is 2.08. The molecule has 1 heterocycles. The van der Waals surface area contributed by atoms with Crippen molar-refractivity contribution in [3.8, 4) is 0 Å². The van der Waals surface area contributed by atoms with Gasteiger partial charge in [-0.2, -0.15) is 0 Å². The van der Waals surface area contributed by atoms with Gasteiger partial charge >= 0.3 is 0 Å². The highest BCUT2D eigenvalue weighted by atomic mass is 15.1. The number of allylic oxidation sites excluding steroid dienone is 1. The van der Waals surface area contributed by atoms with E-state index in [-0.39, 0.29) is 0 Å². The number of imidazole rings is 1. The molecule has 0 aliphatic rings. The lowest BCUT2D eigenvalue weighted by Crippen LogP contribution is -2.02. The fourth-order valence-corrected chi connectivity index (χ4v) is 1.40. The smallest absolute Gasteiger partial charge is 0.108 e. The zero-order valence-corrected chi connectivity index (χ0v) is 8.37. The number of aromatic nitrogens is 2. The molecule has 0 saturated carbocycles. The summed E-state index contributed by atoms with van der Waals surface area (Å²) in [7, 11) is 0. The molecule has 1 rings (SSSR count). The standard InChI is InChI=1S/C11H18N2/c1-3-5-6-9-13-10-8-12-11(13)7-4-2/h3,8,10H,1,4-7,9H2,2H3. The Kier molecular flexibility index (Phi) is 4.30. The lowest BCUT2D eigenvalue weighted by atomic mass is 10.3. The van der Waals surface area contributed by atoms with Gasteiger partial charge in [0, 0.05) is 25.4 Å². The lowest BCUT2D eigenvalue weighted by Gasteiger charge is -2.05. The van der Waals surface area contributed by atoms with E-state index in [1.165, 1.54) is 12.2 Å². The van der Waals surface area contributed by atoms with Crippen LogP contribution < -0.4 is 0 Å². The second-order valence-corrected chi connectivity index (χ2v) is 3.22. The normalized spacial score (nSPS) is 10.2. The van der Waals surface area contributed by atoms with Crippen LogP contribution in [-0.4, -0.2) is 9.55 Å². The van der Waals surface area contributed by atoms with Gasteiger partial charge in [-0.15, -0.1) is 6.58 Å². The van der Waals surface area contributed by atoms with E-state index in [4.69, 9.17) is 0 Å². The molecule has 0 amide bonds. The molecule has 72 valence electrons. The average Bonchev–Trinajstić information content (AvgIpc) is 2.54. The quantitative estimate of drug-likeness (QED) is 0.484. The minimum absolute atomic E-state index is 1.07. The van der Waals surface area contributed by atoms with Crippen molar-refractivity contribution in [1.29, 1.82) is 0 Å². The van der Waals surface area contributed by atoms with E-state index in [2.05, 4.69) is 29.3 Å². The molecule has 0 saturated heterocycles. The van der Waals surface area contributed by atoms with E-state index in [1.54, 1.807) is 0 Å². The molecular weight excluding hydrogens is 160 g/mol. The molecule has 0 atom stereocenters. The van der Waals surface area contributed by atoms with Crippen LogP contribution in [0.15, 0.2) is 25.0 Å². The SMILES string of the molecule is C=CCCCn1ccnc1CCC. The molecule has 0 fully saturated rings. The van der Waals surface area contributed by atoms with E-state index in [1.807, 2.05) is 12.3 Å². The molecule has 1 aromatic heterocycles. The van der Waals surface area contributed by atoms with Crippen molar-refractivity contribution in [1.82, 2.24) is 9.55 Å². The van der Waals surface area contributed by atoms with Gasteiger partial charge < -0.3 is 4.57 Å². The molecule has 0 aromatic carbocycles. The van der Waals surface area contributed by atoms with Gasteiger partial charge in [0.25, 0.3) is 0 Å². The average molecular weight is 178 g/mol. The van der Waals surface area contributed by atoms with Crippen LogP contribution in [0.1, 0.15) is 32.0 Å². The van der Waals surface area contributed by atoms with Crippen LogP contribution in [-0.2, 0) is 13.0 Å². The van der Waals surface area contributed by atoms with Crippen LogP contribution in [0.25, 0.3) is 0 Å². The molecule has 0 radical (unpaired) electrons. The number of nitrogens with zero attached hydrogens (tertiary/aromatic N) is 2. The first-order valence-corrected chi connectivity index (χ1v) is 4.99. The summed E-state index contributed by atoms with van der Waals surface area (Å²) < 4.78 is 2.24. The second kappa shape index (κ2) is 5.57. The van der Waals surface area contributed by atoms with Gasteiger partial charge in [0.1, 0.15) is 5.82 Å². The first-order chi connectivity index (χ1) is 6.38. The molecule has 0 N–H and O–H groups in total. The summed E-state index contributed by atoms with van der Waals surface area (Å²) in [6, 6.07) is 0. The third-order valence-electron chi connectivity index (χ3n) is 2.08.